The molecule has 0 aliphatic rings. The van der Waals surface area contributed by atoms with Gasteiger partial charge in [-0.1, -0.05) is 34.1 Å². The van der Waals surface area contributed by atoms with Crippen molar-refractivity contribution in [1.82, 2.24) is 5.32 Å². The minimum atomic E-state index is -0.149. The summed E-state index contributed by atoms with van der Waals surface area (Å²) in [5.74, 6) is 1.15. The van der Waals surface area contributed by atoms with Gasteiger partial charge in [0.05, 0.1) is 5.56 Å². The molecule has 0 aliphatic heterocycles. The smallest absolute Gasteiger partial charge is 0.255 e. The maximum absolute atomic E-state index is 11.9. The third kappa shape index (κ3) is 3.15. The molecule has 0 saturated heterocycles. The van der Waals surface area contributed by atoms with E-state index in [0.717, 1.165) is 10.0 Å². The van der Waals surface area contributed by atoms with Gasteiger partial charge in [0.1, 0.15) is 11.5 Å². The predicted molar refractivity (Wildman–Crippen MR) is 79.1 cm³/mol. The first kappa shape index (κ1) is 13.6. The zero-order valence-electron chi connectivity index (χ0n) is 10.6. The molecule has 1 aromatic heterocycles. The first-order valence-corrected chi connectivity index (χ1v) is 6.66. The van der Waals surface area contributed by atoms with Crippen LogP contribution in [-0.4, -0.2) is 12.5 Å². The second-order valence-electron chi connectivity index (χ2n) is 4.09. The Morgan fingerprint density at radius 2 is 2.11 bits per heavy atom. The Kier molecular flexibility index (Phi) is 4.22. The Morgan fingerprint density at radius 3 is 2.74 bits per heavy atom. The molecule has 0 unspecified atom stereocenters. The molecular weight excluding hydrogens is 306 g/mol. The molecule has 98 valence electrons. The number of halogens is 1. The zero-order chi connectivity index (χ0) is 13.8. The van der Waals surface area contributed by atoms with Crippen LogP contribution in [0, 0.1) is 6.92 Å². The van der Waals surface area contributed by atoms with E-state index < -0.39 is 0 Å². The summed E-state index contributed by atoms with van der Waals surface area (Å²) in [6.45, 7) is 5.79. The molecule has 2 rings (SSSR count). The maximum Gasteiger partial charge on any atom is 0.255 e. The lowest BCUT2D eigenvalue weighted by Crippen LogP contribution is -2.23. The molecule has 1 amide bonds. The molecule has 3 nitrogen and oxygen atoms in total. The van der Waals surface area contributed by atoms with Gasteiger partial charge >= 0.3 is 0 Å². The van der Waals surface area contributed by atoms with Crippen LogP contribution in [0.2, 0.25) is 0 Å². The molecular formula is C15H14BrNO2. The van der Waals surface area contributed by atoms with Crippen molar-refractivity contribution in [2.75, 3.05) is 6.54 Å². The van der Waals surface area contributed by atoms with Gasteiger partial charge in [-0.25, -0.2) is 0 Å². The molecule has 0 spiro atoms. The number of benzene rings is 1. The van der Waals surface area contributed by atoms with E-state index in [4.69, 9.17) is 4.42 Å². The van der Waals surface area contributed by atoms with Crippen LogP contribution in [0.1, 0.15) is 16.1 Å². The van der Waals surface area contributed by atoms with Crippen molar-refractivity contribution < 1.29 is 9.21 Å². The summed E-state index contributed by atoms with van der Waals surface area (Å²) in [7, 11) is 0. The highest BCUT2D eigenvalue weighted by Gasteiger charge is 2.15. The number of aryl methyl sites for hydroxylation is 1. The van der Waals surface area contributed by atoms with Gasteiger partial charge in [-0.05, 0) is 25.1 Å². The van der Waals surface area contributed by atoms with Crippen molar-refractivity contribution in [2.45, 2.75) is 6.92 Å². The number of rotatable bonds is 4. The zero-order valence-corrected chi connectivity index (χ0v) is 12.2. The standard InChI is InChI=1S/C15H14BrNO2/c1-3-8-17-15(18)13-9-14(19-10(13)2)11-4-6-12(16)7-5-11/h3-7,9H,1,8H2,2H3,(H,17,18). The molecule has 0 fully saturated rings. The second-order valence-corrected chi connectivity index (χ2v) is 5.00. The molecule has 19 heavy (non-hydrogen) atoms. The molecule has 0 radical (unpaired) electrons. The first-order valence-electron chi connectivity index (χ1n) is 5.87. The van der Waals surface area contributed by atoms with Gasteiger partial charge in [0.25, 0.3) is 5.91 Å². The fourth-order valence-corrected chi connectivity index (χ4v) is 1.99. The summed E-state index contributed by atoms with van der Waals surface area (Å²) >= 11 is 3.39. The molecule has 0 atom stereocenters. The van der Waals surface area contributed by atoms with E-state index in [1.807, 2.05) is 24.3 Å². The van der Waals surface area contributed by atoms with E-state index in [9.17, 15) is 4.79 Å². The Morgan fingerprint density at radius 1 is 1.42 bits per heavy atom. The summed E-state index contributed by atoms with van der Waals surface area (Å²) in [5.41, 5.74) is 1.49. The van der Waals surface area contributed by atoms with Gasteiger partial charge in [-0.3, -0.25) is 4.79 Å². The number of nitrogens with one attached hydrogen (secondary N) is 1. The lowest BCUT2D eigenvalue weighted by atomic mass is 10.1. The number of amides is 1. The molecule has 1 N–H and O–H groups in total. The van der Waals surface area contributed by atoms with E-state index in [-0.39, 0.29) is 5.91 Å². The highest BCUT2D eigenvalue weighted by atomic mass is 79.9. The SMILES string of the molecule is C=CCNC(=O)c1cc(-c2ccc(Br)cc2)oc1C. The minimum absolute atomic E-state index is 0.149. The Balaban J connectivity index is 2.27. The number of hydrogen-bond acceptors (Lipinski definition) is 2. The third-order valence-electron chi connectivity index (χ3n) is 2.70. The Hall–Kier alpha value is -1.81. The Bertz CT molecular complexity index is 599. The lowest BCUT2D eigenvalue weighted by Gasteiger charge is -1.98. The Labute approximate surface area is 120 Å². The summed E-state index contributed by atoms with van der Waals surface area (Å²) in [6, 6.07) is 9.51. The van der Waals surface area contributed by atoms with E-state index in [2.05, 4.69) is 27.8 Å². The van der Waals surface area contributed by atoms with E-state index in [1.54, 1.807) is 19.1 Å². The molecule has 0 aliphatic carbocycles. The largest absolute Gasteiger partial charge is 0.461 e. The summed E-state index contributed by atoms with van der Waals surface area (Å²) in [6.07, 6.45) is 1.64. The van der Waals surface area contributed by atoms with Crippen molar-refractivity contribution in [1.29, 1.82) is 0 Å². The highest BCUT2D eigenvalue weighted by Crippen LogP contribution is 2.26. The molecule has 0 bridgehead atoms. The number of carbonyl (C=O) groups excluding carboxylic acids is 1. The van der Waals surface area contributed by atoms with Crippen LogP contribution >= 0.6 is 15.9 Å². The predicted octanol–water partition coefficient (Wildman–Crippen LogP) is 3.93. The van der Waals surface area contributed by atoms with Gasteiger partial charge in [0.15, 0.2) is 0 Å². The van der Waals surface area contributed by atoms with Gasteiger partial charge in [-0.15, -0.1) is 6.58 Å². The van der Waals surface area contributed by atoms with Crippen molar-refractivity contribution >= 4 is 21.8 Å². The fraction of sp³-hybridized carbons (Fsp3) is 0.133. The highest BCUT2D eigenvalue weighted by molar-refractivity contribution is 9.10. The van der Waals surface area contributed by atoms with Crippen molar-refractivity contribution in [3.8, 4) is 11.3 Å². The average molecular weight is 320 g/mol. The normalized spacial score (nSPS) is 10.2. The van der Waals surface area contributed by atoms with Crippen LogP contribution in [0.25, 0.3) is 11.3 Å². The van der Waals surface area contributed by atoms with Crippen LogP contribution in [0.3, 0.4) is 0 Å². The summed E-state index contributed by atoms with van der Waals surface area (Å²) in [5, 5.41) is 2.74. The van der Waals surface area contributed by atoms with E-state index in [0.29, 0.717) is 23.6 Å². The molecule has 2 aromatic rings. The second kappa shape index (κ2) is 5.89. The van der Waals surface area contributed by atoms with Gasteiger partial charge < -0.3 is 9.73 Å². The quantitative estimate of drug-likeness (QED) is 0.867. The molecule has 4 heteroatoms. The van der Waals surface area contributed by atoms with Crippen LogP contribution in [0.15, 0.2) is 51.9 Å². The van der Waals surface area contributed by atoms with Crippen molar-refractivity contribution in [2.24, 2.45) is 0 Å². The summed E-state index contributed by atoms with van der Waals surface area (Å²) in [4.78, 5) is 11.9. The van der Waals surface area contributed by atoms with Gasteiger partial charge in [0, 0.05) is 16.6 Å². The monoisotopic (exact) mass is 319 g/mol. The van der Waals surface area contributed by atoms with Crippen LogP contribution < -0.4 is 5.32 Å². The van der Waals surface area contributed by atoms with Gasteiger partial charge in [0.2, 0.25) is 0 Å². The maximum atomic E-state index is 11.9. The number of furan rings is 1. The summed E-state index contributed by atoms with van der Waals surface area (Å²) < 4.78 is 6.64. The molecule has 0 saturated carbocycles. The van der Waals surface area contributed by atoms with E-state index in [1.165, 1.54) is 0 Å². The van der Waals surface area contributed by atoms with Crippen molar-refractivity contribution in [3.63, 3.8) is 0 Å². The average Bonchev–Trinajstić information content (AvgIpc) is 2.79. The third-order valence-corrected chi connectivity index (χ3v) is 3.23. The molecule has 1 heterocycles. The van der Waals surface area contributed by atoms with E-state index >= 15 is 0 Å². The fourth-order valence-electron chi connectivity index (χ4n) is 1.72. The minimum Gasteiger partial charge on any atom is -0.461 e. The lowest BCUT2D eigenvalue weighted by molar-refractivity contribution is 0.0956. The number of hydrogen-bond donors (Lipinski definition) is 1. The van der Waals surface area contributed by atoms with Crippen LogP contribution in [0.4, 0.5) is 0 Å². The molecule has 1 aromatic carbocycles. The van der Waals surface area contributed by atoms with Crippen LogP contribution in [-0.2, 0) is 0 Å². The topological polar surface area (TPSA) is 42.2 Å². The number of carbonyl (C=O) groups is 1. The van der Waals surface area contributed by atoms with Crippen LogP contribution in [0.5, 0.6) is 0 Å². The first-order chi connectivity index (χ1) is 9.11. The van der Waals surface area contributed by atoms with Crippen molar-refractivity contribution in [3.05, 3.63) is 58.8 Å². The van der Waals surface area contributed by atoms with Gasteiger partial charge in [-0.2, -0.15) is 0 Å².